The first-order valence-corrected chi connectivity index (χ1v) is 18.2. The number of aromatic nitrogens is 2. The fraction of sp³-hybridized carbons (Fsp3) is 0.239. The highest BCUT2D eigenvalue weighted by Crippen LogP contribution is 2.46. The third-order valence-electron chi connectivity index (χ3n) is 11.0. The molecule has 7 aromatic rings. The molecule has 0 bridgehead atoms. The minimum absolute atomic E-state index is 0.0121. The summed E-state index contributed by atoms with van der Waals surface area (Å²) in [6.07, 6.45) is 4.14. The molecule has 0 amide bonds. The highest BCUT2D eigenvalue weighted by Gasteiger charge is 2.30. The SMILES string of the molecule is CCC(C)(CC)c1cccc(N2CN(c3cccc(Oc4ccc5c6ccccc6n(-c6cc(C(C)(C)C)ccn6)c5c4)c3)c3ccccc32)c1. The van der Waals surface area contributed by atoms with Crippen LogP contribution in [-0.4, -0.2) is 16.2 Å². The summed E-state index contributed by atoms with van der Waals surface area (Å²) in [7, 11) is 0. The molecular weight excluding hydrogens is 625 g/mol. The summed E-state index contributed by atoms with van der Waals surface area (Å²) in [6.45, 7) is 14.4. The van der Waals surface area contributed by atoms with Gasteiger partial charge in [0.05, 0.1) is 22.4 Å². The maximum atomic E-state index is 6.65. The number of hydrogen-bond acceptors (Lipinski definition) is 4. The van der Waals surface area contributed by atoms with Crippen LogP contribution in [0.5, 0.6) is 11.5 Å². The maximum Gasteiger partial charge on any atom is 0.137 e. The zero-order valence-electron chi connectivity index (χ0n) is 30.5. The Balaban J connectivity index is 1.14. The van der Waals surface area contributed by atoms with E-state index in [1.807, 2.05) is 12.3 Å². The first-order chi connectivity index (χ1) is 24.7. The van der Waals surface area contributed by atoms with Gasteiger partial charge in [-0.05, 0) is 102 Å². The van der Waals surface area contributed by atoms with Crippen molar-refractivity contribution in [1.29, 1.82) is 0 Å². The number of ether oxygens (including phenoxy) is 1. The second kappa shape index (κ2) is 12.6. The van der Waals surface area contributed by atoms with Crippen LogP contribution in [0.1, 0.15) is 65.5 Å². The Morgan fingerprint density at radius 2 is 1.24 bits per heavy atom. The molecule has 8 rings (SSSR count). The largest absolute Gasteiger partial charge is 0.457 e. The molecule has 0 saturated carbocycles. The summed E-state index contributed by atoms with van der Waals surface area (Å²) in [5, 5.41) is 2.37. The molecule has 0 N–H and O–H groups in total. The molecule has 0 atom stereocenters. The van der Waals surface area contributed by atoms with E-state index in [4.69, 9.17) is 9.72 Å². The van der Waals surface area contributed by atoms with Crippen LogP contribution in [0.4, 0.5) is 22.7 Å². The van der Waals surface area contributed by atoms with Crippen molar-refractivity contribution in [2.24, 2.45) is 0 Å². The molecule has 51 heavy (non-hydrogen) atoms. The molecule has 1 aliphatic rings. The summed E-state index contributed by atoms with van der Waals surface area (Å²) >= 11 is 0. The van der Waals surface area contributed by atoms with Gasteiger partial charge in [-0.15, -0.1) is 0 Å². The summed E-state index contributed by atoms with van der Waals surface area (Å²) in [6, 6.07) is 45.5. The number of nitrogens with zero attached hydrogens (tertiary/aromatic N) is 4. The molecule has 5 nitrogen and oxygen atoms in total. The molecule has 0 radical (unpaired) electrons. The van der Waals surface area contributed by atoms with E-state index in [1.165, 1.54) is 39.0 Å². The van der Waals surface area contributed by atoms with Crippen molar-refractivity contribution in [2.45, 2.75) is 65.2 Å². The van der Waals surface area contributed by atoms with Crippen LogP contribution in [0.3, 0.4) is 0 Å². The number of anilines is 4. The molecule has 2 aromatic heterocycles. The smallest absolute Gasteiger partial charge is 0.137 e. The highest BCUT2D eigenvalue weighted by molar-refractivity contribution is 6.09. The zero-order valence-corrected chi connectivity index (χ0v) is 30.5. The molecule has 0 aliphatic carbocycles. The monoisotopic (exact) mass is 670 g/mol. The Morgan fingerprint density at radius 1 is 0.588 bits per heavy atom. The fourth-order valence-electron chi connectivity index (χ4n) is 7.48. The van der Waals surface area contributed by atoms with E-state index in [-0.39, 0.29) is 10.8 Å². The number of rotatable bonds is 8. The Labute approximate surface area is 301 Å². The summed E-state index contributed by atoms with van der Waals surface area (Å²) < 4.78 is 8.92. The average molecular weight is 671 g/mol. The number of fused-ring (bicyclic) bond motifs is 4. The van der Waals surface area contributed by atoms with E-state index < -0.39 is 0 Å². The van der Waals surface area contributed by atoms with Gasteiger partial charge in [0.25, 0.3) is 0 Å². The van der Waals surface area contributed by atoms with Gasteiger partial charge in [-0.2, -0.15) is 0 Å². The van der Waals surface area contributed by atoms with E-state index >= 15 is 0 Å². The van der Waals surface area contributed by atoms with Crippen molar-refractivity contribution in [3.05, 3.63) is 145 Å². The van der Waals surface area contributed by atoms with Crippen LogP contribution in [-0.2, 0) is 10.8 Å². The molecule has 1 aliphatic heterocycles. The standard InChI is InChI=1S/C46H46N4O/c1-7-46(6,8-2)33-15-13-16-34(27-33)48-31-49(42-22-12-11-21-41(42)48)35-17-14-18-36(29-35)51-37-23-24-39-38-19-9-10-20-40(38)50(43(39)30-37)44-28-32(25-26-47-44)45(3,4)5/h9-30H,7-8,31H2,1-6H3. The van der Waals surface area contributed by atoms with E-state index in [0.717, 1.165) is 46.9 Å². The Morgan fingerprint density at radius 3 is 1.96 bits per heavy atom. The predicted octanol–water partition coefficient (Wildman–Crippen LogP) is 12.6. The average Bonchev–Trinajstić information content (AvgIpc) is 3.70. The molecular formula is C46H46N4O. The third kappa shape index (κ3) is 5.81. The van der Waals surface area contributed by atoms with Crippen LogP contribution in [0.2, 0.25) is 0 Å². The zero-order chi connectivity index (χ0) is 35.3. The lowest BCUT2D eigenvalue weighted by atomic mass is 9.78. The van der Waals surface area contributed by atoms with Crippen molar-refractivity contribution < 1.29 is 4.74 Å². The van der Waals surface area contributed by atoms with Crippen LogP contribution in [0.25, 0.3) is 27.6 Å². The minimum atomic E-state index is 0.0121. The molecule has 3 heterocycles. The van der Waals surface area contributed by atoms with Crippen molar-refractivity contribution in [3.63, 3.8) is 0 Å². The third-order valence-corrected chi connectivity index (χ3v) is 11.0. The minimum Gasteiger partial charge on any atom is -0.457 e. The quantitative estimate of drug-likeness (QED) is 0.161. The predicted molar refractivity (Wildman–Crippen MR) is 214 cm³/mol. The van der Waals surface area contributed by atoms with Gasteiger partial charge in [0, 0.05) is 40.5 Å². The lowest BCUT2D eigenvalue weighted by Crippen LogP contribution is -2.25. The number of benzene rings is 5. The fourth-order valence-corrected chi connectivity index (χ4v) is 7.48. The lowest BCUT2D eigenvalue weighted by molar-refractivity contribution is 0.439. The van der Waals surface area contributed by atoms with Crippen molar-refractivity contribution in [3.8, 4) is 17.3 Å². The van der Waals surface area contributed by atoms with Crippen molar-refractivity contribution in [1.82, 2.24) is 9.55 Å². The molecule has 5 heteroatoms. The Bertz CT molecular complexity index is 2380. The van der Waals surface area contributed by atoms with Gasteiger partial charge < -0.3 is 14.5 Å². The van der Waals surface area contributed by atoms with Gasteiger partial charge in [0.1, 0.15) is 24.0 Å². The number of hydrogen-bond donors (Lipinski definition) is 0. The molecule has 0 spiro atoms. The molecule has 256 valence electrons. The molecule has 0 fully saturated rings. The van der Waals surface area contributed by atoms with Crippen molar-refractivity contribution >= 4 is 44.6 Å². The maximum absolute atomic E-state index is 6.65. The van der Waals surface area contributed by atoms with E-state index in [9.17, 15) is 0 Å². The van der Waals surface area contributed by atoms with Gasteiger partial charge >= 0.3 is 0 Å². The lowest BCUT2D eigenvalue weighted by Gasteiger charge is -2.29. The van der Waals surface area contributed by atoms with Gasteiger partial charge in [0.15, 0.2) is 0 Å². The van der Waals surface area contributed by atoms with Crippen molar-refractivity contribution in [2.75, 3.05) is 16.5 Å². The van der Waals surface area contributed by atoms with Gasteiger partial charge in [-0.1, -0.05) is 90.1 Å². The second-order valence-electron chi connectivity index (χ2n) is 15.1. The summed E-state index contributed by atoms with van der Waals surface area (Å²) in [5.41, 5.74) is 9.70. The van der Waals surface area contributed by atoms with Crippen LogP contribution >= 0.6 is 0 Å². The van der Waals surface area contributed by atoms with Crippen LogP contribution in [0, 0.1) is 0 Å². The first kappa shape index (κ1) is 32.6. The van der Waals surface area contributed by atoms with E-state index in [2.05, 4.69) is 177 Å². The number of pyridine rings is 1. The molecule has 0 saturated heterocycles. The topological polar surface area (TPSA) is 33.5 Å². The van der Waals surface area contributed by atoms with Crippen LogP contribution in [0.15, 0.2) is 134 Å². The Hall–Kier alpha value is -5.55. The van der Waals surface area contributed by atoms with E-state index in [0.29, 0.717) is 6.67 Å². The van der Waals surface area contributed by atoms with Crippen LogP contribution < -0.4 is 14.5 Å². The van der Waals surface area contributed by atoms with Gasteiger partial charge in [-0.3, -0.25) is 4.57 Å². The Kier molecular flexibility index (Phi) is 8.10. The molecule has 5 aromatic carbocycles. The first-order valence-electron chi connectivity index (χ1n) is 18.2. The molecule has 0 unspecified atom stereocenters. The van der Waals surface area contributed by atoms with Gasteiger partial charge in [-0.25, -0.2) is 4.98 Å². The second-order valence-corrected chi connectivity index (χ2v) is 15.1. The normalized spacial score (nSPS) is 13.3. The summed E-state index contributed by atoms with van der Waals surface area (Å²) in [4.78, 5) is 9.65. The van der Waals surface area contributed by atoms with E-state index in [1.54, 1.807) is 0 Å². The summed E-state index contributed by atoms with van der Waals surface area (Å²) in [5.74, 6) is 2.48. The highest BCUT2D eigenvalue weighted by atomic mass is 16.5. The number of para-hydroxylation sites is 3. The van der Waals surface area contributed by atoms with Gasteiger partial charge in [0.2, 0.25) is 0 Å².